The number of ketones is 1. The number of anilines is 2. The Balaban J connectivity index is 2.12. The molecule has 0 fully saturated rings. The summed E-state index contributed by atoms with van der Waals surface area (Å²) in [6, 6.07) is 14.1. The maximum absolute atomic E-state index is 13.1. The molecule has 0 saturated heterocycles. The van der Waals surface area contributed by atoms with E-state index in [0.717, 1.165) is 5.69 Å². The van der Waals surface area contributed by atoms with Crippen LogP contribution in [0.25, 0.3) is 0 Å². The largest absolute Gasteiger partial charge is 0.503 e. The van der Waals surface area contributed by atoms with Gasteiger partial charge in [-0.1, -0.05) is 26.0 Å². The van der Waals surface area contributed by atoms with Gasteiger partial charge in [-0.25, -0.2) is 0 Å². The first-order valence-corrected chi connectivity index (χ1v) is 10.5. The average Bonchev–Trinajstić information content (AvgIpc) is 2.99. The Kier molecular flexibility index (Phi) is 6.68. The van der Waals surface area contributed by atoms with Crippen LogP contribution in [0.4, 0.5) is 11.4 Å². The van der Waals surface area contributed by atoms with Gasteiger partial charge in [0.1, 0.15) is 5.75 Å². The molecule has 6 heteroatoms. The molecule has 2 aromatic rings. The molecule has 6 nitrogen and oxygen atoms in total. The maximum atomic E-state index is 13.1. The second-order valence-corrected chi connectivity index (χ2v) is 8.28. The van der Waals surface area contributed by atoms with Crippen molar-refractivity contribution in [2.75, 3.05) is 30.5 Å². The molecule has 31 heavy (non-hydrogen) atoms. The normalized spacial score (nSPS) is 16.3. The molecule has 1 N–H and O–H groups in total. The van der Waals surface area contributed by atoms with Crippen molar-refractivity contribution in [1.82, 2.24) is 0 Å². The fourth-order valence-corrected chi connectivity index (χ4v) is 3.80. The van der Waals surface area contributed by atoms with E-state index in [9.17, 15) is 14.7 Å². The zero-order valence-corrected chi connectivity index (χ0v) is 18.8. The van der Waals surface area contributed by atoms with Crippen LogP contribution in [0.3, 0.4) is 0 Å². The summed E-state index contributed by atoms with van der Waals surface area (Å²) in [6.07, 6.45) is 0.252. The van der Waals surface area contributed by atoms with Gasteiger partial charge < -0.3 is 14.7 Å². The summed E-state index contributed by atoms with van der Waals surface area (Å²) in [6.45, 7) is 6.28. The Morgan fingerprint density at radius 1 is 1.16 bits per heavy atom. The molecule has 0 aliphatic carbocycles. The highest BCUT2D eigenvalue weighted by Crippen LogP contribution is 2.42. The number of hydrogen-bond donors (Lipinski definition) is 1. The smallest absolute Gasteiger partial charge is 0.294 e. The molecule has 3 rings (SSSR count). The molecule has 1 heterocycles. The summed E-state index contributed by atoms with van der Waals surface area (Å²) >= 11 is 0. The lowest BCUT2D eigenvalue weighted by Gasteiger charge is -2.28. The van der Waals surface area contributed by atoms with E-state index in [-0.39, 0.29) is 23.7 Å². The molecule has 0 radical (unpaired) electrons. The van der Waals surface area contributed by atoms with Crippen molar-refractivity contribution < 1.29 is 19.4 Å². The molecule has 0 spiro atoms. The van der Waals surface area contributed by atoms with Crippen LogP contribution in [0, 0.1) is 5.92 Å². The van der Waals surface area contributed by atoms with Crippen molar-refractivity contribution in [3.63, 3.8) is 0 Å². The molecule has 164 valence electrons. The summed E-state index contributed by atoms with van der Waals surface area (Å²) in [4.78, 5) is 29.7. The van der Waals surface area contributed by atoms with Crippen molar-refractivity contribution in [2.45, 2.75) is 33.2 Å². The van der Waals surface area contributed by atoms with Gasteiger partial charge in [-0.15, -0.1) is 0 Å². The lowest BCUT2D eigenvalue weighted by molar-refractivity contribution is -0.118. The molecule has 0 saturated carbocycles. The van der Waals surface area contributed by atoms with Gasteiger partial charge in [0.2, 0.25) is 0 Å². The van der Waals surface area contributed by atoms with Crippen LogP contribution in [0.15, 0.2) is 59.9 Å². The number of hydrogen-bond acceptors (Lipinski definition) is 5. The first-order valence-electron chi connectivity index (χ1n) is 10.5. The number of aliphatic hydroxyl groups excluding tert-OH is 1. The number of amides is 1. The van der Waals surface area contributed by atoms with E-state index in [1.54, 1.807) is 0 Å². The Morgan fingerprint density at radius 3 is 2.42 bits per heavy atom. The third-order valence-corrected chi connectivity index (χ3v) is 5.23. The summed E-state index contributed by atoms with van der Waals surface area (Å²) in [5.41, 5.74) is 2.45. The van der Waals surface area contributed by atoms with E-state index in [1.165, 1.54) is 4.90 Å². The van der Waals surface area contributed by atoms with Gasteiger partial charge in [0.05, 0.1) is 18.2 Å². The van der Waals surface area contributed by atoms with Gasteiger partial charge in [0.25, 0.3) is 5.91 Å². The number of ether oxygens (including phenoxy) is 1. The zero-order chi connectivity index (χ0) is 22.7. The molecule has 0 bridgehead atoms. The minimum atomic E-state index is -0.718. The zero-order valence-electron chi connectivity index (χ0n) is 18.8. The molecule has 1 unspecified atom stereocenters. The second-order valence-electron chi connectivity index (χ2n) is 8.28. The van der Waals surface area contributed by atoms with Gasteiger partial charge in [0, 0.05) is 31.9 Å². The monoisotopic (exact) mass is 422 g/mol. The summed E-state index contributed by atoms with van der Waals surface area (Å²) in [5, 5.41) is 10.7. The lowest BCUT2D eigenvalue weighted by Crippen LogP contribution is -2.31. The van der Waals surface area contributed by atoms with Crippen molar-refractivity contribution in [2.24, 2.45) is 5.92 Å². The molecule has 1 aliphatic heterocycles. The van der Waals surface area contributed by atoms with Gasteiger partial charge >= 0.3 is 0 Å². The fraction of sp³-hybridized carbons (Fsp3) is 0.360. The van der Waals surface area contributed by atoms with Gasteiger partial charge in [-0.05, 0) is 54.8 Å². The number of Topliss-reactive ketones (excluding diaryl/α,β-unsaturated/α-hetero) is 1. The quantitative estimate of drug-likeness (QED) is 0.670. The highest BCUT2D eigenvalue weighted by atomic mass is 16.5. The first kappa shape index (κ1) is 22.4. The molecule has 1 atom stereocenters. The van der Waals surface area contributed by atoms with Crippen LogP contribution in [0.5, 0.6) is 5.75 Å². The van der Waals surface area contributed by atoms with Crippen LogP contribution in [-0.4, -0.2) is 37.5 Å². The third kappa shape index (κ3) is 4.58. The van der Waals surface area contributed by atoms with Crippen molar-refractivity contribution in [3.05, 3.63) is 65.4 Å². The predicted octanol–water partition coefficient (Wildman–Crippen LogP) is 4.67. The van der Waals surface area contributed by atoms with Gasteiger partial charge in [-0.2, -0.15) is 0 Å². The van der Waals surface area contributed by atoms with Crippen molar-refractivity contribution in [1.29, 1.82) is 0 Å². The van der Waals surface area contributed by atoms with Crippen LogP contribution in [0.2, 0.25) is 0 Å². The molecular weight excluding hydrogens is 392 g/mol. The molecule has 1 amide bonds. The van der Waals surface area contributed by atoms with Crippen molar-refractivity contribution in [3.8, 4) is 5.75 Å². The lowest BCUT2D eigenvalue weighted by atomic mass is 9.92. The molecule has 1 aliphatic rings. The summed E-state index contributed by atoms with van der Waals surface area (Å²) in [5.74, 6) is -0.519. The Labute approximate surface area is 183 Å². The molecular formula is C25H30N2O4. The fourth-order valence-electron chi connectivity index (χ4n) is 3.80. The highest BCUT2D eigenvalue weighted by molar-refractivity contribution is 6.16. The Hall–Kier alpha value is -3.28. The third-order valence-electron chi connectivity index (χ3n) is 5.23. The standard InChI is InChI=1S/C25H30N2O4/c1-6-31-20-9-7-8-17(15-20)23-22(21(28)14-16(2)3)24(29)25(30)27(23)19-12-10-18(11-13-19)26(4)5/h7-13,15-16,23,29H,6,14H2,1-5H3. The number of carbonyl (C=O) groups excluding carboxylic acids is 2. The number of aliphatic hydroxyl groups is 1. The number of nitrogens with zero attached hydrogens (tertiary/aromatic N) is 2. The van der Waals surface area contributed by atoms with E-state index < -0.39 is 17.7 Å². The Bertz CT molecular complexity index is 993. The van der Waals surface area contributed by atoms with Crippen molar-refractivity contribution >= 4 is 23.1 Å². The van der Waals surface area contributed by atoms with E-state index in [2.05, 4.69) is 0 Å². The van der Waals surface area contributed by atoms with E-state index in [0.29, 0.717) is 23.6 Å². The summed E-state index contributed by atoms with van der Waals surface area (Å²) in [7, 11) is 3.88. The second kappa shape index (κ2) is 9.25. The van der Waals surface area contributed by atoms with Crippen LogP contribution >= 0.6 is 0 Å². The summed E-state index contributed by atoms with van der Waals surface area (Å²) < 4.78 is 5.63. The minimum Gasteiger partial charge on any atom is -0.503 e. The highest BCUT2D eigenvalue weighted by Gasteiger charge is 2.44. The van der Waals surface area contributed by atoms with Crippen LogP contribution < -0.4 is 14.5 Å². The maximum Gasteiger partial charge on any atom is 0.294 e. The SMILES string of the molecule is CCOc1cccc(C2C(C(=O)CC(C)C)=C(O)C(=O)N2c2ccc(N(C)C)cc2)c1. The molecule has 0 aromatic heterocycles. The average molecular weight is 423 g/mol. The van der Waals surface area contributed by atoms with E-state index in [4.69, 9.17) is 4.74 Å². The van der Waals surface area contributed by atoms with Gasteiger partial charge in [-0.3, -0.25) is 14.5 Å². The number of benzene rings is 2. The number of carbonyl (C=O) groups is 2. The van der Waals surface area contributed by atoms with Gasteiger partial charge in [0.15, 0.2) is 11.5 Å². The topological polar surface area (TPSA) is 70.1 Å². The van der Waals surface area contributed by atoms with E-state index >= 15 is 0 Å². The first-order chi connectivity index (χ1) is 14.7. The van der Waals surface area contributed by atoms with E-state index in [1.807, 2.05) is 88.3 Å². The predicted molar refractivity (Wildman–Crippen MR) is 123 cm³/mol. The Morgan fingerprint density at radius 2 is 1.84 bits per heavy atom. The minimum absolute atomic E-state index is 0.103. The number of rotatable bonds is 8. The molecule has 2 aromatic carbocycles. The van der Waals surface area contributed by atoms with Crippen LogP contribution in [0.1, 0.15) is 38.8 Å². The van der Waals surface area contributed by atoms with Crippen LogP contribution in [-0.2, 0) is 9.59 Å².